The molecule has 0 radical (unpaired) electrons. The number of rotatable bonds is 3. The Morgan fingerprint density at radius 2 is 2.00 bits per heavy atom. The van der Waals surface area contributed by atoms with Crippen LogP contribution in [-0.4, -0.2) is 60.6 Å². The van der Waals surface area contributed by atoms with Crippen molar-refractivity contribution >= 4 is 17.3 Å². The van der Waals surface area contributed by atoms with E-state index in [1.54, 1.807) is 18.5 Å². The Morgan fingerprint density at radius 1 is 1.18 bits per heavy atom. The normalized spacial score (nSPS) is 21.5. The topological polar surface area (TPSA) is 115 Å². The maximum Gasteiger partial charge on any atom is 0.192 e. The minimum Gasteiger partial charge on any atom is -0.389 e. The first-order chi connectivity index (χ1) is 10.7. The maximum atomic E-state index is 10.4. The molecule has 0 aromatic carbocycles. The first-order valence-electron chi connectivity index (χ1n) is 6.77. The molecule has 0 spiro atoms. The molecule has 1 atom stereocenters. The third kappa shape index (κ3) is 2.05. The lowest BCUT2D eigenvalue weighted by atomic mass is 10.2. The Hall–Kier alpha value is -2.72. The molecule has 4 heterocycles. The Labute approximate surface area is 125 Å². The highest BCUT2D eigenvalue weighted by atomic mass is 16.3. The second-order valence-corrected chi connectivity index (χ2v) is 5.08. The highest BCUT2D eigenvalue weighted by Gasteiger charge is 2.30. The lowest BCUT2D eigenvalue weighted by Crippen LogP contribution is -2.51. The summed E-state index contributed by atoms with van der Waals surface area (Å²) in [5.41, 5.74) is 3.49. The molecule has 0 bridgehead atoms. The SMILES string of the molecule is OC1CN(c2cc(N3NC=C(n4ccnn4)C3O)ncn2)C1. The fourth-order valence-electron chi connectivity index (χ4n) is 2.42. The first kappa shape index (κ1) is 13.0. The highest BCUT2D eigenvalue weighted by Crippen LogP contribution is 2.26. The van der Waals surface area contributed by atoms with Gasteiger partial charge in [0.25, 0.3) is 0 Å². The number of hydrogen-bond donors (Lipinski definition) is 3. The maximum absolute atomic E-state index is 10.4. The van der Waals surface area contributed by atoms with Crippen LogP contribution in [-0.2, 0) is 0 Å². The Bertz CT molecular complexity index is 697. The van der Waals surface area contributed by atoms with Gasteiger partial charge in [0.2, 0.25) is 0 Å². The third-order valence-corrected chi connectivity index (χ3v) is 3.62. The molecule has 2 aromatic heterocycles. The molecule has 1 fully saturated rings. The molecule has 0 aliphatic carbocycles. The van der Waals surface area contributed by atoms with E-state index in [1.165, 1.54) is 22.2 Å². The molecule has 1 saturated heterocycles. The van der Waals surface area contributed by atoms with Gasteiger partial charge >= 0.3 is 0 Å². The number of hydrogen-bond acceptors (Lipinski definition) is 9. The summed E-state index contributed by atoms with van der Waals surface area (Å²) in [6.07, 6.45) is 4.98. The highest BCUT2D eigenvalue weighted by molar-refractivity contribution is 5.61. The zero-order chi connectivity index (χ0) is 15.1. The van der Waals surface area contributed by atoms with Crippen molar-refractivity contribution in [2.24, 2.45) is 0 Å². The summed E-state index contributed by atoms with van der Waals surface area (Å²) in [6, 6.07) is 1.75. The van der Waals surface area contributed by atoms with Gasteiger partial charge in [0.05, 0.1) is 18.5 Å². The molecule has 10 heteroatoms. The number of nitrogens with one attached hydrogen (secondary N) is 1. The van der Waals surface area contributed by atoms with E-state index < -0.39 is 6.23 Å². The Morgan fingerprint density at radius 3 is 2.73 bits per heavy atom. The fourth-order valence-corrected chi connectivity index (χ4v) is 2.42. The zero-order valence-corrected chi connectivity index (χ0v) is 11.5. The number of hydrazine groups is 1. The predicted octanol–water partition coefficient (Wildman–Crippen LogP) is -1.61. The van der Waals surface area contributed by atoms with E-state index in [0.29, 0.717) is 30.4 Å². The number of anilines is 2. The molecule has 2 aromatic rings. The second-order valence-electron chi connectivity index (χ2n) is 5.08. The lowest BCUT2D eigenvalue weighted by molar-refractivity contribution is 0.141. The van der Waals surface area contributed by atoms with Crippen molar-refractivity contribution in [3.8, 4) is 0 Å². The number of aliphatic hydroxyl groups is 2. The molecule has 2 aliphatic heterocycles. The average molecular weight is 302 g/mol. The van der Waals surface area contributed by atoms with Crippen LogP contribution in [0.2, 0.25) is 0 Å². The summed E-state index contributed by atoms with van der Waals surface area (Å²) in [6.45, 7) is 1.10. The average Bonchev–Trinajstić information content (AvgIpc) is 3.13. The van der Waals surface area contributed by atoms with E-state index in [4.69, 9.17) is 0 Å². The van der Waals surface area contributed by atoms with E-state index in [9.17, 15) is 10.2 Å². The molecule has 3 N–H and O–H groups in total. The summed E-state index contributed by atoms with van der Waals surface area (Å²) < 4.78 is 1.48. The summed E-state index contributed by atoms with van der Waals surface area (Å²) in [5, 5.41) is 28.9. The van der Waals surface area contributed by atoms with Gasteiger partial charge in [-0.3, -0.25) is 5.43 Å². The molecule has 2 aliphatic rings. The van der Waals surface area contributed by atoms with Crippen molar-refractivity contribution in [1.82, 2.24) is 30.4 Å². The number of aromatic nitrogens is 5. The van der Waals surface area contributed by atoms with Gasteiger partial charge in [0, 0.05) is 25.4 Å². The first-order valence-corrected chi connectivity index (χ1v) is 6.77. The van der Waals surface area contributed by atoms with Crippen molar-refractivity contribution < 1.29 is 10.2 Å². The van der Waals surface area contributed by atoms with Crippen LogP contribution < -0.4 is 15.3 Å². The molecular formula is C12H14N8O2. The van der Waals surface area contributed by atoms with Gasteiger partial charge in [0.15, 0.2) is 12.0 Å². The number of β-amino-alcohol motifs (C(OH)–C–C–N with tert-alkyl or cyclic N) is 1. The standard InChI is InChI=1S/C12H14N8O2/c21-8-5-18(6-8)10-3-11(14-7-13-10)20-12(22)9(4-16-20)19-2-1-15-17-19/h1-4,7-8,12,16,21-22H,5-6H2. The molecule has 0 saturated carbocycles. The van der Waals surface area contributed by atoms with E-state index in [-0.39, 0.29) is 6.10 Å². The van der Waals surface area contributed by atoms with Crippen LogP contribution in [0.3, 0.4) is 0 Å². The molecule has 114 valence electrons. The predicted molar refractivity (Wildman–Crippen MR) is 76.2 cm³/mol. The van der Waals surface area contributed by atoms with Crippen molar-refractivity contribution in [2.75, 3.05) is 23.0 Å². The molecule has 10 nitrogen and oxygen atoms in total. The largest absolute Gasteiger partial charge is 0.389 e. The van der Waals surface area contributed by atoms with Gasteiger partial charge < -0.3 is 15.1 Å². The molecule has 1 unspecified atom stereocenters. The zero-order valence-electron chi connectivity index (χ0n) is 11.5. The van der Waals surface area contributed by atoms with Gasteiger partial charge in [-0.2, -0.15) is 0 Å². The van der Waals surface area contributed by atoms with Crippen molar-refractivity contribution in [1.29, 1.82) is 0 Å². The van der Waals surface area contributed by atoms with Crippen LogP contribution in [0, 0.1) is 0 Å². The summed E-state index contributed by atoms with van der Waals surface area (Å²) in [5.74, 6) is 1.23. The van der Waals surface area contributed by atoms with E-state index in [1.807, 2.05) is 4.90 Å². The van der Waals surface area contributed by atoms with Crippen LogP contribution in [0.4, 0.5) is 11.6 Å². The van der Waals surface area contributed by atoms with E-state index >= 15 is 0 Å². The summed E-state index contributed by atoms with van der Waals surface area (Å²) >= 11 is 0. The van der Waals surface area contributed by atoms with Crippen molar-refractivity contribution in [3.05, 3.63) is 31.0 Å². The van der Waals surface area contributed by atoms with Crippen LogP contribution in [0.15, 0.2) is 31.0 Å². The molecular weight excluding hydrogens is 288 g/mol. The minimum absolute atomic E-state index is 0.311. The summed E-state index contributed by atoms with van der Waals surface area (Å²) in [4.78, 5) is 10.3. The van der Waals surface area contributed by atoms with Gasteiger partial charge in [-0.15, -0.1) is 5.10 Å². The summed E-state index contributed by atoms with van der Waals surface area (Å²) in [7, 11) is 0. The van der Waals surface area contributed by atoms with Gasteiger partial charge in [-0.05, 0) is 0 Å². The van der Waals surface area contributed by atoms with Crippen molar-refractivity contribution in [2.45, 2.75) is 12.3 Å². The smallest absolute Gasteiger partial charge is 0.192 e. The number of aliphatic hydroxyl groups excluding tert-OH is 2. The monoisotopic (exact) mass is 302 g/mol. The van der Waals surface area contributed by atoms with Crippen molar-refractivity contribution in [3.63, 3.8) is 0 Å². The van der Waals surface area contributed by atoms with Crippen LogP contribution in [0.1, 0.15) is 0 Å². The van der Waals surface area contributed by atoms with Gasteiger partial charge in [0.1, 0.15) is 17.8 Å². The van der Waals surface area contributed by atoms with E-state index in [2.05, 4.69) is 25.7 Å². The van der Waals surface area contributed by atoms with Crippen LogP contribution >= 0.6 is 0 Å². The number of nitrogens with zero attached hydrogens (tertiary/aromatic N) is 7. The van der Waals surface area contributed by atoms with Crippen LogP contribution in [0.25, 0.3) is 5.70 Å². The fraction of sp³-hybridized carbons (Fsp3) is 0.333. The van der Waals surface area contributed by atoms with Crippen LogP contribution in [0.5, 0.6) is 0 Å². The minimum atomic E-state index is -0.952. The molecule has 22 heavy (non-hydrogen) atoms. The Balaban J connectivity index is 1.55. The van der Waals surface area contributed by atoms with Gasteiger partial charge in [-0.25, -0.2) is 19.7 Å². The lowest BCUT2D eigenvalue weighted by Gasteiger charge is -2.37. The second kappa shape index (κ2) is 4.93. The Kier molecular flexibility index (Phi) is 2.91. The quantitative estimate of drug-likeness (QED) is 0.616. The molecule has 0 amide bonds. The van der Waals surface area contributed by atoms with E-state index in [0.717, 1.165) is 0 Å². The van der Waals surface area contributed by atoms with Gasteiger partial charge in [-0.1, -0.05) is 5.21 Å². The molecule has 4 rings (SSSR count). The third-order valence-electron chi connectivity index (χ3n) is 3.62.